The van der Waals surface area contributed by atoms with Crippen LogP contribution in [0.3, 0.4) is 0 Å². The van der Waals surface area contributed by atoms with E-state index in [1.807, 2.05) is 0 Å². The van der Waals surface area contributed by atoms with Crippen LogP contribution >= 0.6 is 11.8 Å². The fraction of sp³-hybridized carbons (Fsp3) is 0.500. The molecule has 0 aromatic heterocycles. The van der Waals surface area contributed by atoms with Gasteiger partial charge < -0.3 is 15.2 Å². The minimum atomic E-state index is -0.587. The second kappa shape index (κ2) is 8.81. The normalized spacial score (nSPS) is 13.6. The van der Waals surface area contributed by atoms with Crippen LogP contribution in [0.15, 0.2) is 24.3 Å². The minimum Gasteiger partial charge on any atom is -0.489 e. The maximum Gasteiger partial charge on any atom is 0.137 e. The molecule has 4 nitrogen and oxygen atoms in total. The summed E-state index contributed by atoms with van der Waals surface area (Å²) in [6, 6.07) is 9.44. The summed E-state index contributed by atoms with van der Waals surface area (Å²) in [7, 11) is 0. The standard InChI is InChI=1S/C14H20N2O2S/c1-11(10-19-2)16-8-13(17)9-18-14-6-4-3-5-12(14)7-15/h3-6,11,13,16-17H,8-10H2,1-2H3. The molecule has 0 heterocycles. The van der Waals surface area contributed by atoms with E-state index in [-0.39, 0.29) is 6.61 Å². The van der Waals surface area contributed by atoms with E-state index in [0.29, 0.717) is 23.9 Å². The average Bonchev–Trinajstić information content (AvgIpc) is 2.43. The molecule has 0 bridgehead atoms. The van der Waals surface area contributed by atoms with Crippen LogP contribution < -0.4 is 10.1 Å². The SMILES string of the molecule is CSCC(C)NCC(O)COc1ccccc1C#N. The third-order valence-electron chi connectivity index (χ3n) is 2.56. The number of nitrogens with zero attached hydrogens (tertiary/aromatic N) is 1. The molecule has 2 N–H and O–H groups in total. The molecule has 0 saturated carbocycles. The van der Waals surface area contributed by atoms with Gasteiger partial charge in [-0.1, -0.05) is 12.1 Å². The Morgan fingerprint density at radius 3 is 2.89 bits per heavy atom. The Balaban J connectivity index is 2.34. The largest absolute Gasteiger partial charge is 0.489 e. The van der Waals surface area contributed by atoms with E-state index in [1.165, 1.54) is 0 Å². The molecule has 0 aliphatic rings. The maximum absolute atomic E-state index is 9.81. The highest BCUT2D eigenvalue weighted by Crippen LogP contribution is 2.16. The summed E-state index contributed by atoms with van der Waals surface area (Å²) < 4.78 is 5.46. The fourth-order valence-corrected chi connectivity index (χ4v) is 2.19. The van der Waals surface area contributed by atoms with Gasteiger partial charge in [-0.15, -0.1) is 0 Å². The smallest absolute Gasteiger partial charge is 0.137 e. The van der Waals surface area contributed by atoms with Crippen molar-refractivity contribution in [2.45, 2.75) is 19.1 Å². The molecule has 19 heavy (non-hydrogen) atoms. The van der Waals surface area contributed by atoms with Gasteiger partial charge in [0.2, 0.25) is 0 Å². The van der Waals surface area contributed by atoms with Gasteiger partial charge >= 0.3 is 0 Å². The van der Waals surface area contributed by atoms with E-state index in [0.717, 1.165) is 5.75 Å². The van der Waals surface area contributed by atoms with Gasteiger partial charge in [0.05, 0.1) is 5.56 Å². The number of ether oxygens (including phenoxy) is 1. The van der Waals surface area contributed by atoms with Crippen molar-refractivity contribution in [2.75, 3.05) is 25.2 Å². The number of hydrogen-bond acceptors (Lipinski definition) is 5. The lowest BCUT2D eigenvalue weighted by atomic mass is 10.2. The van der Waals surface area contributed by atoms with Gasteiger partial charge in [-0.05, 0) is 25.3 Å². The Morgan fingerprint density at radius 1 is 1.47 bits per heavy atom. The number of nitrogens with one attached hydrogen (secondary N) is 1. The van der Waals surface area contributed by atoms with E-state index in [1.54, 1.807) is 36.0 Å². The van der Waals surface area contributed by atoms with Crippen LogP contribution in [-0.2, 0) is 0 Å². The van der Waals surface area contributed by atoms with Crippen molar-refractivity contribution in [3.63, 3.8) is 0 Å². The number of aliphatic hydroxyl groups is 1. The number of nitriles is 1. The lowest BCUT2D eigenvalue weighted by molar-refractivity contribution is 0.104. The third-order valence-corrected chi connectivity index (χ3v) is 3.39. The molecule has 0 fully saturated rings. The third kappa shape index (κ3) is 5.97. The fourth-order valence-electron chi connectivity index (χ4n) is 1.58. The zero-order valence-corrected chi connectivity index (χ0v) is 12.1. The van der Waals surface area contributed by atoms with E-state index in [4.69, 9.17) is 10.00 Å². The van der Waals surface area contributed by atoms with Crippen molar-refractivity contribution >= 4 is 11.8 Å². The predicted molar refractivity (Wildman–Crippen MR) is 78.5 cm³/mol. The quantitative estimate of drug-likeness (QED) is 0.758. The summed E-state index contributed by atoms with van der Waals surface area (Å²) in [4.78, 5) is 0. The Morgan fingerprint density at radius 2 is 2.21 bits per heavy atom. The van der Waals surface area contributed by atoms with Crippen LogP contribution in [0, 0.1) is 11.3 Å². The van der Waals surface area contributed by atoms with E-state index < -0.39 is 6.10 Å². The molecular weight excluding hydrogens is 260 g/mol. The van der Waals surface area contributed by atoms with Crippen LogP contribution in [0.2, 0.25) is 0 Å². The summed E-state index contributed by atoms with van der Waals surface area (Å²) in [5.41, 5.74) is 0.485. The lowest BCUT2D eigenvalue weighted by Gasteiger charge is -2.17. The van der Waals surface area contributed by atoms with Crippen molar-refractivity contribution in [2.24, 2.45) is 0 Å². The topological polar surface area (TPSA) is 65.3 Å². The molecule has 104 valence electrons. The Kier molecular flexibility index (Phi) is 7.34. The molecule has 0 spiro atoms. The molecule has 2 unspecified atom stereocenters. The summed E-state index contributed by atoms with van der Waals surface area (Å²) in [5, 5.41) is 22.0. The van der Waals surface area contributed by atoms with Gasteiger partial charge in [-0.25, -0.2) is 0 Å². The van der Waals surface area contributed by atoms with Gasteiger partial charge in [0.15, 0.2) is 0 Å². The van der Waals surface area contributed by atoms with Crippen LogP contribution in [0.1, 0.15) is 12.5 Å². The van der Waals surface area contributed by atoms with Crippen molar-refractivity contribution in [3.05, 3.63) is 29.8 Å². The van der Waals surface area contributed by atoms with E-state index >= 15 is 0 Å². The van der Waals surface area contributed by atoms with Crippen molar-refractivity contribution in [1.29, 1.82) is 5.26 Å². The molecule has 0 saturated heterocycles. The second-order valence-electron chi connectivity index (χ2n) is 4.34. The highest BCUT2D eigenvalue weighted by Gasteiger charge is 2.09. The monoisotopic (exact) mass is 280 g/mol. The first-order valence-corrected chi connectivity index (χ1v) is 7.59. The van der Waals surface area contributed by atoms with E-state index in [2.05, 4.69) is 24.6 Å². The molecule has 1 aromatic carbocycles. The highest BCUT2D eigenvalue weighted by atomic mass is 32.2. The molecule has 5 heteroatoms. The van der Waals surface area contributed by atoms with Crippen LogP contribution in [-0.4, -0.2) is 42.4 Å². The first kappa shape index (κ1) is 15.8. The molecule has 0 aliphatic heterocycles. The van der Waals surface area contributed by atoms with Gasteiger partial charge in [0.25, 0.3) is 0 Å². The second-order valence-corrected chi connectivity index (χ2v) is 5.25. The van der Waals surface area contributed by atoms with Gasteiger partial charge in [-0.3, -0.25) is 0 Å². The van der Waals surface area contributed by atoms with Gasteiger partial charge in [-0.2, -0.15) is 17.0 Å². The number of aliphatic hydroxyl groups excluding tert-OH is 1. The summed E-state index contributed by atoms with van der Waals surface area (Å²) in [6.45, 7) is 2.74. The molecule has 0 amide bonds. The zero-order valence-electron chi connectivity index (χ0n) is 11.3. The van der Waals surface area contributed by atoms with Gasteiger partial charge in [0, 0.05) is 18.3 Å². The molecule has 2 atom stereocenters. The van der Waals surface area contributed by atoms with Gasteiger partial charge in [0.1, 0.15) is 24.5 Å². The highest BCUT2D eigenvalue weighted by molar-refractivity contribution is 7.98. The average molecular weight is 280 g/mol. The van der Waals surface area contributed by atoms with Crippen LogP contribution in [0.4, 0.5) is 0 Å². The van der Waals surface area contributed by atoms with Crippen molar-refractivity contribution in [1.82, 2.24) is 5.32 Å². The Hall–Kier alpha value is -1.22. The minimum absolute atomic E-state index is 0.178. The number of rotatable bonds is 8. The summed E-state index contributed by atoms with van der Waals surface area (Å²) in [5.74, 6) is 1.52. The first-order chi connectivity index (χ1) is 9.17. The zero-order chi connectivity index (χ0) is 14.1. The number of hydrogen-bond donors (Lipinski definition) is 2. The molecular formula is C14H20N2O2S. The predicted octanol–water partition coefficient (Wildman–Crippen LogP) is 1.64. The maximum atomic E-state index is 9.81. The van der Waals surface area contributed by atoms with Crippen LogP contribution in [0.5, 0.6) is 5.75 Å². The molecule has 0 radical (unpaired) electrons. The van der Waals surface area contributed by atoms with Crippen molar-refractivity contribution in [3.8, 4) is 11.8 Å². The Bertz CT molecular complexity index is 420. The van der Waals surface area contributed by atoms with Crippen LogP contribution in [0.25, 0.3) is 0 Å². The van der Waals surface area contributed by atoms with E-state index in [9.17, 15) is 5.11 Å². The number of benzene rings is 1. The first-order valence-electron chi connectivity index (χ1n) is 6.19. The molecule has 1 aromatic rings. The van der Waals surface area contributed by atoms with Crippen molar-refractivity contribution < 1.29 is 9.84 Å². The summed E-state index contributed by atoms with van der Waals surface area (Å²) >= 11 is 1.77. The molecule has 0 aliphatic carbocycles. The number of thioether (sulfide) groups is 1. The summed E-state index contributed by atoms with van der Waals surface area (Å²) in [6.07, 6.45) is 1.47. The Labute approximate surface area is 118 Å². The molecule has 1 rings (SSSR count). The number of para-hydroxylation sites is 1. The lowest BCUT2D eigenvalue weighted by Crippen LogP contribution is -2.37.